The third-order valence-electron chi connectivity index (χ3n) is 3.14. The molecule has 1 heterocycles. The first-order chi connectivity index (χ1) is 9.35. The van der Waals surface area contributed by atoms with Gasteiger partial charge in [0.05, 0.1) is 5.69 Å². The van der Waals surface area contributed by atoms with E-state index in [0.717, 1.165) is 44.2 Å². The Morgan fingerprint density at radius 1 is 1.21 bits per heavy atom. The number of carbonyl (C=O) groups excluding carboxylic acids is 1. The zero-order chi connectivity index (χ0) is 13.5. The van der Waals surface area contributed by atoms with E-state index in [-0.39, 0.29) is 0 Å². The Hall–Kier alpha value is -1.97. The Labute approximate surface area is 113 Å². The van der Waals surface area contributed by atoms with Crippen LogP contribution in [-0.2, 0) is 19.4 Å². The highest BCUT2D eigenvalue weighted by atomic mass is 16.1. The molecule has 4 nitrogen and oxygen atoms in total. The van der Waals surface area contributed by atoms with Gasteiger partial charge in [0.15, 0.2) is 6.29 Å². The molecular formula is C15H19N3O. The Bertz CT molecular complexity index is 519. The number of hydrogen-bond acceptors (Lipinski definition) is 3. The molecule has 0 aliphatic rings. The number of aldehydes is 1. The maximum Gasteiger partial charge on any atom is 0.172 e. The molecule has 100 valence electrons. The van der Waals surface area contributed by atoms with Crippen LogP contribution >= 0.6 is 0 Å². The van der Waals surface area contributed by atoms with Gasteiger partial charge in [0.25, 0.3) is 0 Å². The average Bonchev–Trinajstić information content (AvgIpc) is 2.83. The first-order valence-electron chi connectivity index (χ1n) is 6.76. The van der Waals surface area contributed by atoms with Crippen LogP contribution in [0.25, 0.3) is 0 Å². The van der Waals surface area contributed by atoms with Gasteiger partial charge in [-0.2, -0.15) is 0 Å². The molecular weight excluding hydrogens is 238 g/mol. The molecule has 0 saturated carbocycles. The molecule has 1 aromatic carbocycles. The van der Waals surface area contributed by atoms with E-state index in [1.165, 1.54) is 5.56 Å². The monoisotopic (exact) mass is 257 g/mol. The highest BCUT2D eigenvalue weighted by Crippen LogP contribution is 2.09. The largest absolute Gasteiger partial charge is 0.296 e. The minimum atomic E-state index is 0.488. The second kappa shape index (κ2) is 6.83. The maximum atomic E-state index is 10.9. The minimum absolute atomic E-state index is 0.488. The first kappa shape index (κ1) is 13.5. The van der Waals surface area contributed by atoms with Crippen molar-refractivity contribution in [2.75, 3.05) is 0 Å². The van der Waals surface area contributed by atoms with Crippen LogP contribution in [0.2, 0.25) is 0 Å². The van der Waals surface area contributed by atoms with Crippen LogP contribution in [0.15, 0.2) is 30.3 Å². The van der Waals surface area contributed by atoms with E-state index in [1.54, 1.807) is 0 Å². The van der Waals surface area contributed by atoms with Crippen LogP contribution < -0.4 is 0 Å². The van der Waals surface area contributed by atoms with Gasteiger partial charge in [-0.3, -0.25) is 4.79 Å². The molecule has 0 saturated heterocycles. The quantitative estimate of drug-likeness (QED) is 0.716. The summed E-state index contributed by atoms with van der Waals surface area (Å²) in [6.07, 6.45) is 4.66. The molecule has 0 atom stereocenters. The number of rotatable bonds is 7. The number of aromatic nitrogens is 3. The SMILES string of the molecule is CCCc1c(C=O)nnn1CCCc1ccccc1. The predicted octanol–water partition coefficient (Wildman–Crippen LogP) is 2.68. The summed E-state index contributed by atoms with van der Waals surface area (Å²) in [5, 5.41) is 8.00. The summed E-state index contributed by atoms with van der Waals surface area (Å²) in [5.41, 5.74) is 2.78. The van der Waals surface area contributed by atoms with Gasteiger partial charge in [-0.1, -0.05) is 48.9 Å². The zero-order valence-corrected chi connectivity index (χ0v) is 11.2. The van der Waals surface area contributed by atoms with Crippen LogP contribution in [0.4, 0.5) is 0 Å². The minimum Gasteiger partial charge on any atom is -0.296 e. The molecule has 0 unspecified atom stereocenters. The molecule has 19 heavy (non-hydrogen) atoms. The molecule has 4 heteroatoms. The van der Waals surface area contributed by atoms with Crippen molar-refractivity contribution in [3.8, 4) is 0 Å². The molecule has 2 aromatic rings. The lowest BCUT2D eigenvalue weighted by Crippen LogP contribution is -2.07. The van der Waals surface area contributed by atoms with Crippen molar-refractivity contribution in [1.82, 2.24) is 15.0 Å². The van der Waals surface area contributed by atoms with Crippen LogP contribution in [0.1, 0.15) is 41.5 Å². The highest BCUT2D eigenvalue weighted by Gasteiger charge is 2.10. The normalized spacial score (nSPS) is 10.6. The van der Waals surface area contributed by atoms with Gasteiger partial charge in [-0.05, 0) is 24.8 Å². The topological polar surface area (TPSA) is 47.8 Å². The lowest BCUT2D eigenvalue weighted by molar-refractivity contribution is 0.111. The fourth-order valence-electron chi connectivity index (χ4n) is 2.19. The molecule has 0 bridgehead atoms. The van der Waals surface area contributed by atoms with E-state index in [2.05, 4.69) is 41.5 Å². The first-order valence-corrected chi connectivity index (χ1v) is 6.76. The Balaban J connectivity index is 1.96. The van der Waals surface area contributed by atoms with E-state index in [0.29, 0.717) is 5.69 Å². The van der Waals surface area contributed by atoms with Crippen LogP contribution in [-0.4, -0.2) is 21.3 Å². The number of carbonyl (C=O) groups is 1. The number of hydrogen-bond donors (Lipinski definition) is 0. The number of aryl methyl sites for hydroxylation is 2. The van der Waals surface area contributed by atoms with Crippen molar-refractivity contribution < 1.29 is 4.79 Å². The lowest BCUT2D eigenvalue weighted by Gasteiger charge is -2.06. The van der Waals surface area contributed by atoms with Crippen molar-refractivity contribution in [3.05, 3.63) is 47.3 Å². The fourth-order valence-corrected chi connectivity index (χ4v) is 2.19. The van der Waals surface area contributed by atoms with Gasteiger partial charge in [-0.15, -0.1) is 5.10 Å². The smallest absolute Gasteiger partial charge is 0.172 e. The second-order valence-electron chi connectivity index (χ2n) is 4.60. The highest BCUT2D eigenvalue weighted by molar-refractivity contribution is 5.73. The van der Waals surface area contributed by atoms with E-state index in [9.17, 15) is 4.79 Å². The van der Waals surface area contributed by atoms with Crippen molar-refractivity contribution in [2.45, 2.75) is 39.2 Å². The third-order valence-corrected chi connectivity index (χ3v) is 3.14. The van der Waals surface area contributed by atoms with E-state index in [4.69, 9.17) is 0 Å². The van der Waals surface area contributed by atoms with Gasteiger partial charge in [-0.25, -0.2) is 4.68 Å². The second-order valence-corrected chi connectivity index (χ2v) is 4.60. The van der Waals surface area contributed by atoms with Crippen LogP contribution in [0.5, 0.6) is 0 Å². The van der Waals surface area contributed by atoms with Gasteiger partial charge in [0.1, 0.15) is 5.69 Å². The Morgan fingerprint density at radius 3 is 2.68 bits per heavy atom. The van der Waals surface area contributed by atoms with Crippen molar-refractivity contribution in [2.24, 2.45) is 0 Å². The number of nitrogens with zero attached hydrogens (tertiary/aromatic N) is 3. The Kier molecular flexibility index (Phi) is 4.84. The predicted molar refractivity (Wildman–Crippen MR) is 74.2 cm³/mol. The summed E-state index contributed by atoms with van der Waals surface area (Å²) >= 11 is 0. The molecule has 0 aliphatic heterocycles. The third kappa shape index (κ3) is 3.50. The average molecular weight is 257 g/mol. The van der Waals surface area contributed by atoms with E-state index in [1.807, 2.05) is 10.7 Å². The van der Waals surface area contributed by atoms with Crippen molar-refractivity contribution in [3.63, 3.8) is 0 Å². The summed E-state index contributed by atoms with van der Waals surface area (Å²) in [6.45, 7) is 2.90. The van der Waals surface area contributed by atoms with Gasteiger partial charge in [0, 0.05) is 6.54 Å². The standard InChI is InChI=1S/C15H19N3O/c1-2-7-15-14(12-19)16-17-18(15)11-6-10-13-8-4-3-5-9-13/h3-5,8-9,12H,2,6-7,10-11H2,1H3. The molecule has 0 amide bonds. The maximum absolute atomic E-state index is 10.9. The summed E-state index contributed by atoms with van der Waals surface area (Å²) in [5.74, 6) is 0. The van der Waals surface area contributed by atoms with Crippen molar-refractivity contribution in [1.29, 1.82) is 0 Å². The fraction of sp³-hybridized carbons (Fsp3) is 0.400. The molecule has 0 fully saturated rings. The van der Waals surface area contributed by atoms with E-state index < -0.39 is 0 Å². The van der Waals surface area contributed by atoms with Crippen LogP contribution in [0.3, 0.4) is 0 Å². The van der Waals surface area contributed by atoms with Crippen LogP contribution in [0, 0.1) is 0 Å². The summed E-state index contributed by atoms with van der Waals surface area (Å²) in [7, 11) is 0. The molecule has 2 rings (SSSR count). The van der Waals surface area contributed by atoms with E-state index >= 15 is 0 Å². The molecule has 0 aliphatic carbocycles. The Morgan fingerprint density at radius 2 is 2.00 bits per heavy atom. The lowest BCUT2D eigenvalue weighted by atomic mass is 10.1. The molecule has 0 N–H and O–H groups in total. The van der Waals surface area contributed by atoms with Gasteiger partial charge >= 0.3 is 0 Å². The number of benzene rings is 1. The molecule has 0 spiro atoms. The molecule has 1 aromatic heterocycles. The summed E-state index contributed by atoms with van der Waals surface area (Å²) in [4.78, 5) is 10.9. The summed E-state index contributed by atoms with van der Waals surface area (Å²) < 4.78 is 1.87. The summed E-state index contributed by atoms with van der Waals surface area (Å²) in [6, 6.07) is 10.4. The molecule has 0 radical (unpaired) electrons. The van der Waals surface area contributed by atoms with Gasteiger partial charge in [0.2, 0.25) is 0 Å². The van der Waals surface area contributed by atoms with Gasteiger partial charge < -0.3 is 0 Å². The van der Waals surface area contributed by atoms with Crippen molar-refractivity contribution >= 4 is 6.29 Å². The zero-order valence-electron chi connectivity index (χ0n) is 11.2.